The van der Waals surface area contributed by atoms with Crippen molar-refractivity contribution in [3.63, 3.8) is 0 Å². The SMILES string of the molecule is [2H]C([2H])(F)[C@H]1COS(=O)(=O)N1C(=O)OC(C)(C)C. The average molecular weight is 257 g/mol. The Morgan fingerprint density at radius 3 is 2.69 bits per heavy atom. The Labute approximate surface area is 96.4 Å². The van der Waals surface area contributed by atoms with Gasteiger partial charge in [0.15, 0.2) is 0 Å². The van der Waals surface area contributed by atoms with Crippen LogP contribution in [0.3, 0.4) is 0 Å². The molecule has 0 radical (unpaired) electrons. The predicted octanol–water partition coefficient (Wildman–Crippen LogP) is 0.837. The fourth-order valence-corrected chi connectivity index (χ4v) is 2.08. The number of amides is 1. The van der Waals surface area contributed by atoms with Crippen LogP contribution < -0.4 is 0 Å². The van der Waals surface area contributed by atoms with Crippen molar-refractivity contribution < 1.29 is 29.3 Å². The molecule has 1 fully saturated rings. The second-order valence-electron chi connectivity index (χ2n) is 4.14. The monoisotopic (exact) mass is 257 g/mol. The van der Waals surface area contributed by atoms with Gasteiger partial charge in [-0.05, 0) is 20.8 Å². The lowest BCUT2D eigenvalue weighted by Gasteiger charge is -2.24. The number of rotatable bonds is 1. The molecule has 1 atom stereocenters. The van der Waals surface area contributed by atoms with Gasteiger partial charge in [-0.1, -0.05) is 0 Å². The van der Waals surface area contributed by atoms with E-state index in [1.54, 1.807) is 0 Å². The molecule has 1 heterocycles. The van der Waals surface area contributed by atoms with Gasteiger partial charge in [-0.3, -0.25) is 4.18 Å². The van der Waals surface area contributed by atoms with E-state index in [0.29, 0.717) is 0 Å². The Balaban J connectivity index is 3.04. The van der Waals surface area contributed by atoms with Crippen molar-refractivity contribution in [1.82, 2.24) is 4.31 Å². The molecule has 94 valence electrons. The standard InChI is InChI=1S/C8H14FNO5S/c1-8(2,3)15-7(11)10-6(4-9)5-14-16(10,12)13/h6H,4-5H2,1-3H3/t6-/m0/s1/i4D2. The highest BCUT2D eigenvalue weighted by molar-refractivity contribution is 7.85. The number of carbonyl (C=O) groups is 1. The first-order valence-electron chi connectivity index (χ1n) is 5.45. The summed E-state index contributed by atoms with van der Waals surface area (Å²) in [5.74, 6) is 0. The van der Waals surface area contributed by atoms with Crippen molar-refractivity contribution in [2.45, 2.75) is 32.4 Å². The number of nitrogens with zero attached hydrogens (tertiary/aromatic N) is 1. The Hall–Kier alpha value is -0.890. The van der Waals surface area contributed by atoms with Crippen molar-refractivity contribution in [3.8, 4) is 0 Å². The highest BCUT2D eigenvalue weighted by Gasteiger charge is 2.44. The lowest BCUT2D eigenvalue weighted by atomic mass is 10.2. The topological polar surface area (TPSA) is 72.9 Å². The van der Waals surface area contributed by atoms with Gasteiger partial charge >= 0.3 is 16.4 Å². The molecular weight excluding hydrogens is 241 g/mol. The molecule has 0 bridgehead atoms. The van der Waals surface area contributed by atoms with Crippen molar-refractivity contribution in [1.29, 1.82) is 0 Å². The third-order valence-electron chi connectivity index (χ3n) is 1.60. The van der Waals surface area contributed by atoms with Gasteiger partial charge in [-0.15, -0.1) is 0 Å². The third kappa shape index (κ3) is 2.82. The van der Waals surface area contributed by atoms with E-state index in [9.17, 15) is 17.6 Å². The predicted molar refractivity (Wildman–Crippen MR) is 52.7 cm³/mol. The molecule has 0 spiro atoms. The number of halogens is 1. The van der Waals surface area contributed by atoms with Crippen LogP contribution in [0.4, 0.5) is 9.18 Å². The Kier molecular flexibility index (Phi) is 2.68. The molecule has 6 nitrogen and oxygen atoms in total. The largest absolute Gasteiger partial charge is 0.443 e. The Morgan fingerprint density at radius 1 is 1.69 bits per heavy atom. The zero-order chi connectivity index (χ0) is 14.4. The smallest absolute Gasteiger partial charge is 0.426 e. The van der Waals surface area contributed by atoms with Gasteiger partial charge in [0.1, 0.15) is 18.3 Å². The number of alkyl halides is 1. The lowest BCUT2D eigenvalue weighted by molar-refractivity contribution is 0.0343. The molecule has 1 aliphatic rings. The van der Waals surface area contributed by atoms with Crippen LogP contribution in [-0.4, -0.2) is 43.7 Å². The van der Waals surface area contributed by atoms with Crippen LogP contribution >= 0.6 is 0 Å². The van der Waals surface area contributed by atoms with Crippen LogP contribution in [0, 0.1) is 0 Å². The summed E-state index contributed by atoms with van der Waals surface area (Å²) >= 11 is 0. The van der Waals surface area contributed by atoms with Gasteiger partial charge in [0.05, 0.1) is 9.35 Å². The summed E-state index contributed by atoms with van der Waals surface area (Å²) in [5.41, 5.74) is -0.997. The molecule has 16 heavy (non-hydrogen) atoms. The molecule has 0 aliphatic carbocycles. The molecule has 8 heteroatoms. The molecule has 1 aliphatic heterocycles. The van der Waals surface area contributed by atoms with Gasteiger partial charge in [-0.25, -0.2) is 9.18 Å². The summed E-state index contributed by atoms with van der Waals surface area (Å²) in [5, 5.41) is 0. The molecular formula is C8H14FNO5S. The molecule has 0 saturated carbocycles. The minimum atomic E-state index is -4.51. The van der Waals surface area contributed by atoms with Crippen molar-refractivity contribution in [3.05, 3.63) is 0 Å². The average Bonchev–Trinajstić information content (AvgIpc) is 2.36. The zero-order valence-corrected chi connectivity index (χ0v) is 9.88. The van der Waals surface area contributed by atoms with E-state index in [1.165, 1.54) is 20.8 Å². The summed E-state index contributed by atoms with van der Waals surface area (Å²) < 4.78 is 58.8. The summed E-state index contributed by atoms with van der Waals surface area (Å²) in [6, 6.07) is -1.89. The fraction of sp³-hybridized carbons (Fsp3) is 0.875. The molecule has 0 N–H and O–H groups in total. The Morgan fingerprint density at radius 2 is 2.25 bits per heavy atom. The van der Waals surface area contributed by atoms with E-state index in [-0.39, 0.29) is 4.31 Å². The molecule has 0 aromatic heterocycles. The summed E-state index contributed by atoms with van der Waals surface area (Å²) in [7, 11) is -4.51. The number of ether oxygens (including phenoxy) is 1. The van der Waals surface area contributed by atoms with E-state index in [1.807, 2.05) is 0 Å². The normalized spacial score (nSPS) is 27.2. The Bertz CT molecular complexity index is 441. The van der Waals surface area contributed by atoms with E-state index in [0.717, 1.165) is 0 Å². The maximum absolute atomic E-state index is 13.2. The molecule has 1 rings (SSSR count). The van der Waals surface area contributed by atoms with Gasteiger partial charge in [0.25, 0.3) is 0 Å². The minimum absolute atomic E-state index is 0.0434. The van der Waals surface area contributed by atoms with E-state index in [4.69, 9.17) is 7.48 Å². The number of hydrogen-bond donors (Lipinski definition) is 0. The van der Waals surface area contributed by atoms with Crippen LogP contribution in [-0.2, 0) is 19.2 Å². The first kappa shape index (κ1) is 10.3. The van der Waals surface area contributed by atoms with Gasteiger partial charge in [0.2, 0.25) is 0 Å². The van der Waals surface area contributed by atoms with Crippen LogP contribution in [0.2, 0.25) is 0 Å². The zero-order valence-electron chi connectivity index (χ0n) is 11.1. The minimum Gasteiger partial charge on any atom is -0.443 e. The maximum Gasteiger partial charge on any atom is 0.426 e. The number of carbonyl (C=O) groups excluding carboxylic acids is 1. The second kappa shape index (κ2) is 4.17. The first-order chi connectivity index (χ1) is 7.84. The van der Waals surface area contributed by atoms with Gasteiger partial charge in [0, 0.05) is 0 Å². The van der Waals surface area contributed by atoms with Gasteiger partial charge in [-0.2, -0.15) is 12.7 Å². The highest BCUT2D eigenvalue weighted by Crippen LogP contribution is 2.22. The highest BCUT2D eigenvalue weighted by atomic mass is 32.2. The van der Waals surface area contributed by atoms with Gasteiger partial charge < -0.3 is 4.74 Å². The summed E-state index contributed by atoms with van der Waals surface area (Å²) in [6.07, 6.45) is -1.37. The number of hydrogen-bond acceptors (Lipinski definition) is 5. The molecule has 1 amide bonds. The molecule has 0 unspecified atom stereocenters. The van der Waals surface area contributed by atoms with E-state index < -0.39 is 41.3 Å². The van der Waals surface area contributed by atoms with Crippen molar-refractivity contribution in [2.75, 3.05) is 13.2 Å². The van der Waals surface area contributed by atoms with Crippen LogP contribution in [0.25, 0.3) is 0 Å². The molecule has 0 aromatic carbocycles. The van der Waals surface area contributed by atoms with Crippen LogP contribution in [0.15, 0.2) is 0 Å². The van der Waals surface area contributed by atoms with Crippen LogP contribution in [0.1, 0.15) is 23.5 Å². The second-order valence-corrected chi connectivity index (χ2v) is 5.63. The van der Waals surface area contributed by atoms with Crippen LogP contribution in [0.5, 0.6) is 0 Å². The lowest BCUT2D eigenvalue weighted by Crippen LogP contribution is -2.43. The third-order valence-corrected chi connectivity index (χ3v) is 2.92. The maximum atomic E-state index is 13.2. The van der Waals surface area contributed by atoms with Crippen molar-refractivity contribution in [2.24, 2.45) is 0 Å². The quantitative estimate of drug-likeness (QED) is 0.696. The summed E-state index contributed by atoms with van der Waals surface area (Å²) in [6.45, 7) is 0.278. The molecule has 1 saturated heterocycles. The summed E-state index contributed by atoms with van der Waals surface area (Å²) in [4.78, 5) is 11.6. The fourth-order valence-electron chi connectivity index (χ4n) is 1.03. The van der Waals surface area contributed by atoms with E-state index >= 15 is 0 Å². The van der Waals surface area contributed by atoms with E-state index in [2.05, 4.69) is 4.18 Å². The first-order valence-corrected chi connectivity index (χ1v) is 5.82. The molecule has 0 aromatic rings. The van der Waals surface area contributed by atoms with Crippen molar-refractivity contribution >= 4 is 16.4 Å².